The quantitative estimate of drug-likeness (QED) is 0.658. The Hall–Kier alpha value is -0.440. The molecule has 1 aliphatic rings. The van der Waals surface area contributed by atoms with Crippen LogP contribution in [0.15, 0.2) is 10.7 Å². The van der Waals surface area contributed by atoms with Gasteiger partial charge in [0.15, 0.2) is 5.76 Å². The van der Waals surface area contributed by atoms with Gasteiger partial charge >= 0.3 is 0 Å². The van der Waals surface area contributed by atoms with Crippen LogP contribution in [0, 0.1) is 0 Å². The van der Waals surface area contributed by atoms with Crippen molar-refractivity contribution in [2.75, 3.05) is 6.61 Å². The van der Waals surface area contributed by atoms with Crippen LogP contribution in [0.3, 0.4) is 0 Å². The molecule has 3 heteroatoms. The van der Waals surface area contributed by atoms with Crippen molar-refractivity contribution in [3.05, 3.63) is 10.7 Å². The standard InChI is InChI=1S/C11H18O2S/c1-4-6-7-13-11-9(5-2)14-8(3)10(11)12/h8H,4-7H2,1-3H3. The Kier molecular flexibility index (Phi) is 4.52. The molecule has 14 heavy (non-hydrogen) atoms. The first-order valence-electron chi connectivity index (χ1n) is 5.27. The zero-order valence-corrected chi connectivity index (χ0v) is 9.95. The number of unbranched alkanes of at least 4 members (excludes halogenated alkanes) is 1. The molecule has 1 rings (SSSR count). The molecular formula is C11H18O2S. The topological polar surface area (TPSA) is 26.3 Å². The van der Waals surface area contributed by atoms with Crippen LogP contribution in [-0.4, -0.2) is 17.6 Å². The fourth-order valence-corrected chi connectivity index (χ4v) is 2.43. The normalized spacial score (nSPS) is 21.9. The van der Waals surface area contributed by atoms with Gasteiger partial charge in [0.2, 0.25) is 5.78 Å². The van der Waals surface area contributed by atoms with Crippen molar-refractivity contribution in [2.45, 2.75) is 45.3 Å². The molecule has 1 atom stereocenters. The fourth-order valence-electron chi connectivity index (χ4n) is 1.36. The van der Waals surface area contributed by atoms with E-state index in [1.165, 1.54) is 0 Å². The highest BCUT2D eigenvalue weighted by Gasteiger charge is 2.31. The lowest BCUT2D eigenvalue weighted by atomic mass is 10.2. The van der Waals surface area contributed by atoms with Crippen LogP contribution < -0.4 is 0 Å². The van der Waals surface area contributed by atoms with Gasteiger partial charge in [-0.05, 0) is 19.8 Å². The summed E-state index contributed by atoms with van der Waals surface area (Å²) in [5.41, 5.74) is 0. The number of ether oxygens (including phenoxy) is 1. The van der Waals surface area contributed by atoms with Gasteiger partial charge in [-0.3, -0.25) is 4.79 Å². The highest BCUT2D eigenvalue weighted by Crippen LogP contribution is 2.37. The maximum atomic E-state index is 11.7. The molecule has 0 saturated carbocycles. The highest BCUT2D eigenvalue weighted by atomic mass is 32.2. The SMILES string of the molecule is CCCCOC1=C(CC)SC(C)C1=O. The second-order valence-corrected chi connectivity index (χ2v) is 4.87. The van der Waals surface area contributed by atoms with Gasteiger partial charge in [-0.15, -0.1) is 11.8 Å². The third-order valence-corrected chi connectivity index (χ3v) is 3.56. The molecule has 0 bridgehead atoms. The van der Waals surface area contributed by atoms with Crippen molar-refractivity contribution < 1.29 is 9.53 Å². The number of hydrogen-bond donors (Lipinski definition) is 0. The Morgan fingerprint density at radius 2 is 2.14 bits per heavy atom. The summed E-state index contributed by atoms with van der Waals surface area (Å²) in [7, 11) is 0. The lowest BCUT2D eigenvalue weighted by Gasteiger charge is -2.06. The van der Waals surface area contributed by atoms with Crippen LogP contribution in [0.5, 0.6) is 0 Å². The molecule has 0 aromatic carbocycles. The first kappa shape index (κ1) is 11.6. The average Bonchev–Trinajstić information content (AvgIpc) is 2.45. The first-order valence-corrected chi connectivity index (χ1v) is 6.15. The Bertz CT molecular complexity index is 246. The van der Waals surface area contributed by atoms with Gasteiger partial charge in [0, 0.05) is 4.91 Å². The third-order valence-electron chi connectivity index (χ3n) is 2.23. The molecule has 80 valence electrons. The van der Waals surface area contributed by atoms with Crippen LogP contribution in [0.2, 0.25) is 0 Å². The van der Waals surface area contributed by atoms with Crippen molar-refractivity contribution in [2.24, 2.45) is 0 Å². The van der Waals surface area contributed by atoms with E-state index in [0.29, 0.717) is 12.4 Å². The van der Waals surface area contributed by atoms with E-state index in [-0.39, 0.29) is 11.0 Å². The second-order valence-electron chi connectivity index (χ2n) is 3.43. The van der Waals surface area contributed by atoms with E-state index in [1.807, 2.05) is 6.92 Å². The summed E-state index contributed by atoms with van der Waals surface area (Å²) in [6.07, 6.45) is 3.03. The Morgan fingerprint density at radius 1 is 1.43 bits per heavy atom. The molecule has 0 aliphatic carbocycles. The van der Waals surface area contributed by atoms with Crippen LogP contribution in [0.1, 0.15) is 40.0 Å². The Balaban J connectivity index is 2.57. The largest absolute Gasteiger partial charge is 0.489 e. The molecule has 0 aromatic rings. The Morgan fingerprint density at radius 3 is 2.71 bits per heavy atom. The molecule has 1 unspecified atom stereocenters. The van der Waals surface area contributed by atoms with E-state index in [9.17, 15) is 4.79 Å². The van der Waals surface area contributed by atoms with Gasteiger partial charge in [0.1, 0.15) is 0 Å². The lowest BCUT2D eigenvalue weighted by Crippen LogP contribution is -2.12. The van der Waals surface area contributed by atoms with Gasteiger partial charge in [0.25, 0.3) is 0 Å². The van der Waals surface area contributed by atoms with Crippen molar-refractivity contribution >= 4 is 17.5 Å². The van der Waals surface area contributed by atoms with Crippen molar-refractivity contribution in [1.82, 2.24) is 0 Å². The minimum atomic E-state index is 0.0570. The number of rotatable bonds is 5. The predicted molar refractivity (Wildman–Crippen MR) is 60.2 cm³/mol. The number of carbonyl (C=O) groups is 1. The Labute approximate surface area is 90.1 Å². The zero-order valence-electron chi connectivity index (χ0n) is 9.13. The average molecular weight is 214 g/mol. The van der Waals surface area contributed by atoms with Gasteiger partial charge in [-0.25, -0.2) is 0 Å². The molecule has 0 fully saturated rings. The molecule has 2 nitrogen and oxygen atoms in total. The smallest absolute Gasteiger partial charge is 0.211 e. The lowest BCUT2D eigenvalue weighted by molar-refractivity contribution is -0.117. The van der Waals surface area contributed by atoms with E-state index in [1.54, 1.807) is 11.8 Å². The number of hydrogen-bond acceptors (Lipinski definition) is 3. The number of ketones is 1. The van der Waals surface area contributed by atoms with Crippen LogP contribution >= 0.6 is 11.8 Å². The molecular weight excluding hydrogens is 196 g/mol. The molecule has 0 radical (unpaired) electrons. The van der Waals surface area contributed by atoms with Crippen LogP contribution in [0.4, 0.5) is 0 Å². The number of carbonyl (C=O) groups excluding carboxylic acids is 1. The fraction of sp³-hybridized carbons (Fsp3) is 0.727. The van der Waals surface area contributed by atoms with Gasteiger partial charge in [-0.1, -0.05) is 20.3 Å². The van der Waals surface area contributed by atoms with Crippen molar-refractivity contribution in [3.8, 4) is 0 Å². The van der Waals surface area contributed by atoms with E-state index < -0.39 is 0 Å². The molecule has 0 amide bonds. The third kappa shape index (κ3) is 2.53. The van der Waals surface area contributed by atoms with Crippen molar-refractivity contribution in [1.29, 1.82) is 0 Å². The number of Topliss-reactive ketones (excluding diaryl/α,β-unsaturated/α-hetero) is 1. The van der Waals surface area contributed by atoms with E-state index in [4.69, 9.17) is 4.74 Å². The molecule has 0 N–H and O–H groups in total. The number of thioether (sulfide) groups is 1. The minimum absolute atomic E-state index is 0.0570. The van der Waals surface area contributed by atoms with Gasteiger partial charge in [0.05, 0.1) is 11.9 Å². The summed E-state index contributed by atoms with van der Waals surface area (Å²) in [6, 6.07) is 0. The minimum Gasteiger partial charge on any atom is -0.489 e. The summed E-state index contributed by atoms with van der Waals surface area (Å²) >= 11 is 1.64. The molecule has 0 spiro atoms. The summed E-state index contributed by atoms with van der Waals surface area (Å²) in [4.78, 5) is 12.8. The van der Waals surface area contributed by atoms with E-state index in [2.05, 4.69) is 13.8 Å². The highest BCUT2D eigenvalue weighted by molar-refractivity contribution is 8.04. The summed E-state index contributed by atoms with van der Waals surface area (Å²) < 4.78 is 5.54. The maximum Gasteiger partial charge on any atom is 0.211 e. The summed E-state index contributed by atoms with van der Waals surface area (Å²) in [6.45, 7) is 6.80. The molecule has 1 heterocycles. The maximum absolute atomic E-state index is 11.7. The predicted octanol–water partition coefficient (Wildman–Crippen LogP) is 3.13. The van der Waals surface area contributed by atoms with E-state index >= 15 is 0 Å². The van der Waals surface area contributed by atoms with E-state index in [0.717, 1.165) is 24.2 Å². The van der Waals surface area contributed by atoms with Gasteiger partial charge < -0.3 is 4.74 Å². The van der Waals surface area contributed by atoms with Gasteiger partial charge in [-0.2, -0.15) is 0 Å². The number of allylic oxidation sites excluding steroid dienone is 2. The first-order chi connectivity index (χ1) is 6.70. The summed E-state index contributed by atoms with van der Waals surface area (Å²) in [5, 5.41) is 0.0570. The molecule has 1 aliphatic heterocycles. The second kappa shape index (κ2) is 5.44. The molecule has 0 saturated heterocycles. The van der Waals surface area contributed by atoms with Crippen LogP contribution in [0.25, 0.3) is 0 Å². The zero-order chi connectivity index (χ0) is 10.6. The van der Waals surface area contributed by atoms with Crippen LogP contribution in [-0.2, 0) is 9.53 Å². The molecule has 0 aromatic heterocycles. The monoisotopic (exact) mass is 214 g/mol. The summed E-state index contributed by atoms with van der Waals surface area (Å²) in [5.74, 6) is 0.807. The van der Waals surface area contributed by atoms with Crippen molar-refractivity contribution in [3.63, 3.8) is 0 Å².